The Morgan fingerprint density at radius 2 is 0.477 bits per heavy atom. The fraction of sp³-hybridized carbons (Fsp3) is 0.967. The molecular formula is C61H122O4. The lowest BCUT2D eigenvalue weighted by Crippen LogP contribution is -2.14. The van der Waals surface area contributed by atoms with E-state index in [1.807, 2.05) is 0 Å². The zero-order valence-electron chi connectivity index (χ0n) is 45.7. The van der Waals surface area contributed by atoms with Crippen LogP contribution in [0.25, 0.3) is 0 Å². The third-order valence-corrected chi connectivity index (χ3v) is 13.9. The summed E-state index contributed by atoms with van der Waals surface area (Å²) >= 11 is 0. The van der Waals surface area contributed by atoms with E-state index >= 15 is 0 Å². The van der Waals surface area contributed by atoms with Crippen LogP contribution < -0.4 is 0 Å². The van der Waals surface area contributed by atoms with Gasteiger partial charge in [0.15, 0.2) is 0 Å². The SMILES string of the molecule is CCCCCCCCCCCCCCCC(=O)OCC(CCCCCCC)CCCCCCCCC.CCCCCCCCCCCCCCCC(=O)OCCCCCCCCCCC. The van der Waals surface area contributed by atoms with Crippen LogP contribution in [0.4, 0.5) is 0 Å². The highest BCUT2D eigenvalue weighted by molar-refractivity contribution is 5.69. The Bertz CT molecular complexity index is 872. The zero-order valence-corrected chi connectivity index (χ0v) is 45.7. The molecule has 0 radical (unpaired) electrons. The molecule has 0 fully saturated rings. The van der Waals surface area contributed by atoms with Gasteiger partial charge in [-0.2, -0.15) is 0 Å². The molecule has 0 bridgehead atoms. The van der Waals surface area contributed by atoms with Crippen molar-refractivity contribution >= 4 is 11.9 Å². The van der Waals surface area contributed by atoms with Gasteiger partial charge in [0.2, 0.25) is 0 Å². The summed E-state index contributed by atoms with van der Waals surface area (Å²) in [5.41, 5.74) is 0. The van der Waals surface area contributed by atoms with Crippen LogP contribution in [0.15, 0.2) is 0 Å². The first-order valence-corrected chi connectivity index (χ1v) is 30.4. The van der Waals surface area contributed by atoms with E-state index in [-0.39, 0.29) is 11.9 Å². The van der Waals surface area contributed by atoms with Crippen molar-refractivity contribution in [2.75, 3.05) is 13.2 Å². The first kappa shape index (κ1) is 66.0. The molecule has 0 aliphatic heterocycles. The van der Waals surface area contributed by atoms with Crippen LogP contribution in [-0.2, 0) is 19.1 Å². The minimum absolute atomic E-state index is 0.0210. The minimum atomic E-state index is 0.0210. The fourth-order valence-electron chi connectivity index (χ4n) is 9.27. The van der Waals surface area contributed by atoms with Gasteiger partial charge < -0.3 is 9.47 Å². The fourth-order valence-corrected chi connectivity index (χ4v) is 9.27. The Morgan fingerprint density at radius 1 is 0.262 bits per heavy atom. The van der Waals surface area contributed by atoms with Crippen molar-refractivity contribution in [3.8, 4) is 0 Å². The van der Waals surface area contributed by atoms with E-state index in [0.717, 1.165) is 19.3 Å². The zero-order chi connectivity index (χ0) is 47.6. The van der Waals surface area contributed by atoms with Crippen molar-refractivity contribution in [3.63, 3.8) is 0 Å². The molecule has 0 heterocycles. The first-order chi connectivity index (χ1) is 32.0. The van der Waals surface area contributed by atoms with Crippen LogP contribution in [0.5, 0.6) is 0 Å². The quantitative estimate of drug-likeness (QED) is 0.0451. The number of carbonyl (C=O) groups is 2. The van der Waals surface area contributed by atoms with Gasteiger partial charge in [-0.3, -0.25) is 9.59 Å². The number of rotatable bonds is 54. The predicted octanol–water partition coefficient (Wildman–Crippen LogP) is 21.7. The Labute approximate surface area is 410 Å². The molecule has 0 aromatic heterocycles. The second kappa shape index (κ2) is 61.0. The van der Waals surface area contributed by atoms with Crippen molar-refractivity contribution in [1.29, 1.82) is 0 Å². The molecule has 0 aliphatic carbocycles. The van der Waals surface area contributed by atoms with Gasteiger partial charge in [-0.25, -0.2) is 0 Å². The normalized spacial score (nSPS) is 11.7. The molecule has 0 aromatic carbocycles. The molecular weight excluding hydrogens is 797 g/mol. The maximum Gasteiger partial charge on any atom is 0.305 e. The van der Waals surface area contributed by atoms with Crippen LogP contribution >= 0.6 is 0 Å². The average Bonchev–Trinajstić information content (AvgIpc) is 3.31. The number of ether oxygens (including phenoxy) is 2. The summed E-state index contributed by atoms with van der Waals surface area (Å²) in [6.07, 6.45) is 66.6. The van der Waals surface area contributed by atoms with Crippen LogP contribution in [0, 0.1) is 5.92 Å². The van der Waals surface area contributed by atoms with E-state index in [9.17, 15) is 9.59 Å². The van der Waals surface area contributed by atoms with Crippen molar-refractivity contribution in [2.24, 2.45) is 5.92 Å². The van der Waals surface area contributed by atoms with Crippen molar-refractivity contribution in [1.82, 2.24) is 0 Å². The van der Waals surface area contributed by atoms with Gasteiger partial charge in [0.05, 0.1) is 13.2 Å². The first-order valence-electron chi connectivity index (χ1n) is 30.4. The van der Waals surface area contributed by atoms with E-state index in [1.54, 1.807) is 0 Å². The lowest BCUT2D eigenvalue weighted by Gasteiger charge is -2.17. The number of hydrogen-bond acceptors (Lipinski definition) is 4. The molecule has 0 saturated carbocycles. The Kier molecular flexibility index (Phi) is 61.9. The summed E-state index contributed by atoms with van der Waals surface area (Å²) in [5, 5.41) is 0. The van der Waals surface area contributed by atoms with Crippen LogP contribution in [0.2, 0.25) is 0 Å². The molecule has 0 N–H and O–H groups in total. The molecule has 0 spiro atoms. The van der Waals surface area contributed by atoms with E-state index in [2.05, 4.69) is 34.6 Å². The third kappa shape index (κ3) is 60.9. The smallest absolute Gasteiger partial charge is 0.305 e. The van der Waals surface area contributed by atoms with Gasteiger partial charge in [0.1, 0.15) is 0 Å². The average molecular weight is 920 g/mol. The van der Waals surface area contributed by atoms with Crippen molar-refractivity contribution < 1.29 is 19.1 Å². The lowest BCUT2D eigenvalue weighted by molar-refractivity contribution is -0.145. The molecule has 1 unspecified atom stereocenters. The van der Waals surface area contributed by atoms with Gasteiger partial charge in [0.25, 0.3) is 0 Å². The van der Waals surface area contributed by atoms with Gasteiger partial charge >= 0.3 is 11.9 Å². The molecule has 4 nitrogen and oxygen atoms in total. The molecule has 0 rings (SSSR count). The van der Waals surface area contributed by atoms with Gasteiger partial charge in [-0.15, -0.1) is 0 Å². The number of hydrogen-bond donors (Lipinski definition) is 0. The van der Waals surface area contributed by atoms with E-state index < -0.39 is 0 Å². The predicted molar refractivity (Wildman–Crippen MR) is 289 cm³/mol. The molecule has 65 heavy (non-hydrogen) atoms. The largest absolute Gasteiger partial charge is 0.466 e. The summed E-state index contributed by atoms with van der Waals surface area (Å²) in [5.74, 6) is 0.652. The number of carbonyl (C=O) groups excluding carboxylic acids is 2. The summed E-state index contributed by atoms with van der Waals surface area (Å²) in [6.45, 7) is 12.7. The Hall–Kier alpha value is -1.06. The number of esters is 2. The molecule has 4 heteroatoms. The van der Waals surface area contributed by atoms with Gasteiger partial charge in [-0.1, -0.05) is 317 Å². The molecule has 390 valence electrons. The maximum atomic E-state index is 12.3. The van der Waals surface area contributed by atoms with E-state index in [4.69, 9.17) is 9.47 Å². The highest BCUT2D eigenvalue weighted by Gasteiger charge is 2.12. The van der Waals surface area contributed by atoms with Crippen LogP contribution in [0.1, 0.15) is 362 Å². The maximum absolute atomic E-state index is 12.3. The highest BCUT2D eigenvalue weighted by atomic mass is 16.5. The van der Waals surface area contributed by atoms with Crippen molar-refractivity contribution in [3.05, 3.63) is 0 Å². The van der Waals surface area contributed by atoms with Crippen LogP contribution in [-0.4, -0.2) is 25.2 Å². The van der Waals surface area contributed by atoms with E-state index in [1.165, 1.54) is 295 Å². The third-order valence-electron chi connectivity index (χ3n) is 13.9. The molecule has 0 amide bonds. The topological polar surface area (TPSA) is 52.6 Å². The molecule has 0 aliphatic rings. The Balaban J connectivity index is 0. The second-order valence-electron chi connectivity index (χ2n) is 20.7. The minimum Gasteiger partial charge on any atom is -0.466 e. The molecule has 1 atom stereocenters. The summed E-state index contributed by atoms with van der Waals surface area (Å²) in [4.78, 5) is 24.1. The highest BCUT2D eigenvalue weighted by Crippen LogP contribution is 2.21. The number of unbranched alkanes of at least 4 members (excludes halogenated alkanes) is 42. The van der Waals surface area contributed by atoms with Gasteiger partial charge in [0, 0.05) is 12.8 Å². The van der Waals surface area contributed by atoms with Crippen LogP contribution in [0.3, 0.4) is 0 Å². The molecule has 0 aromatic rings. The molecule has 0 saturated heterocycles. The summed E-state index contributed by atoms with van der Waals surface area (Å²) in [7, 11) is 0. The van der Waals surface area contributed by atoms with Gasteiger partial charge in [-0.05, 0) is 38.0 Å². The summed E-state index contributed by atoms with van der Waals surface area (Å²) < 4.78 is 11.1. The Morgan fingerprint density at radius 3 is 0.754 bits per heavy atom. The van der Waals surface area contributed by atoms with Crippen molar-refractivity contribution in [2.45, 2.75) is 362 Å². The standard InChI is InChI=1S/C34H68O2.C27H54O2/c1-4-7-10-13-15-16-17-18-19-20-22-25-28-31-34(35)36-32-33(29-26-23-12-9-6-3)30-27-24-21-14-11-8-5-2;1-3-5-7-9-11-13-14-15-16-17-19-21-23-25-27(28)29-26-24-22-20-18-12-10-8-6-4-2/h33H,4-32H2,1-3H3;3-26H2,1-2H3. The van der Waals surface area contributed by atoms with E-state index in [0.29, 0.717) is 32.0 Å². The second-order valence-corrected chi connectivity index (χ2v) is 20.7. The lowest BCUT2D eigenvalue weighted by atomic mass is 9.95. The summed E-state index contributed by atoms with van der Waals surface area (Å²) in [6, 6.07) is 0. The monoisotopic (exact) mass is 919 g/mol.